The van der Waals surface area contributed by atoms with Crippen molar-refractivity contribution < 1.29 is 9.53 Å². The Morgan fingerprint density at radius 2 is 2.29 bits per heavy atom. The van der Waals surface area contributed by atoms with Gasteiger partial charge in [-0.3, -0.25) is 4.79 Å². The minimum Gasteiger partial charge on any atom is -0.379 e. The van der Waals surface area contributed by atoms with Crippen LogP contribution in [0.2, 0.25) is 0 Å². The van der Waals surface area contributed by atoms with Gasteiger partial charge in [0.25, 0.3) is 0 Å². The Morgan fingerprint density at radius 1 is 1.43 bits per heavy atom. The topological polar surface area (TPSA) is 55.6 Å². The van der Waals surface area contributed by atoms with Crippen molar-refractivity contribution in [3.05, 3.63) is 12.2 Å². The molecule has 0 aromatic rings. The quantitative estimate of drug-likeness (QED) is 0.588. The summed E-state index contributed by atoms with van der Waals surface area (Å²) in [7, 11) is 0. The van der Waals surface area contributed by atoms with Crippen molar-refractivity contribution in [1.82, 2.24) is 4.90 Å². The molecule has 2 aliphatic heterocycles. The average molecular weight is 196 g/mol. The van der Waals surface area contributed by atoms with Gasteiger partial charge in [0.15, 0.2) is 0 Å². The molecule has 2 heterocycles. The van der Waals surface area contributed by atoms with Gasteiger partial charge in [-0.15, -0.1) is 0 Å². The first-order valence-corrected chi connectivity index (χ1v) is 5.06. The summed E-state index contributed by atoms with van der Waals surface area (Å²) in [6.07, 6.45) is 5.09. The van der Waals surface area contributed by atoms with Crippen molar-refractivity contribution in [2.45, 2.75) is 12.5 Å². The van der Waals surface area contributed by atoms with E-state index in [1.54, 1.807) is 0 Å². The number of hydrogen-bond donors (Lipinski definition) is 1. The third-order valence-corrected chi connectivity index (χ3v) is 2.81. The second kappa shape index (κ2) is 4.11. The van der Waals surface area contributed by atoms with Gasteiger partial charge in [0.05, 0.1) is 19.1 Å². The van der Waals surface area contributed by atoms with Crippen molar-refractivity contribution in [2.24, 2.45) is 11.7 Å². The zero-order valence-corrected chi connectivity index (χ0v) is 8.19. The summed E-state index contributed by atoms with van der Waals surface area (Å²) in [4.78, 5) is 13.8. The first-order chi connectivity index (χ1) is 6.79. The number of amides is 1. The molecule has 2 atom stereocenters. The maximum atomic E-state index is 11.9. The second-order valence-corrected chi connectivity index (χ2v) is 3.85. The summed E-state index contributed by atoms with van der Waals surface area (Å²) < 4.78 is 5.19. The maximum absolute atomic E-state index is 11.9. The molecule has 78 valence electrons. The zero-order chi connectivity index (χ0) is 9.97. The minimum absolute atomic E-state index is 0.117. The van der Waals surface area contributed by atoms with Crippen LogP contribution in [-0.4, -0.2) is 43.2 Å². The van der Waals surface area contributed by atoms with Crippen molar-refractivity contribution >= 4 is 5.91 Å². The number of hydrogen-bond acceptors (Lipinski definition) is 3. The smallest absolute Gasteiger partial charge is 0.229 e. The number of carbonyl (C=O) groups is 1. The molecule has 0 saturated carbocycles. The average Bonchev–Trinajstić information content (AvgIpc) is 2.65. The van der Waals surface area contributed by atoms with E-state index in [0.29, 0.717) is 13.2 Å². The lowest BCUT2D eigenvalue weighted by Crippen LogP contribution is -2.44. The highest BCUT2D eigenvalue weighted by atomic mass is 16.5. The highest BCUT2D eigenvalue weighted by Gasteiger charge is 2.34. The Labute approximate surface area is 83.7 Å². The summed E-state index contributed by atoms with van der Waals surface area (Å²) in [5.41, 5.74) is 5.80. The Kier molecular flexibility index (Phi) is 2.84. The lowest BCUT2D eigenvalue weighted by atomic mass is 10.0. The molecule has 14 heavy (non-hydrogen) atoms. The van der Waals surface area contributed by atoms with Crippen LogP contribution in [0.3, 0.4) is 0 Å². The molecule has 0 bridgehead atoms. The van der Waals surface area contributed by atoms with Crippen molar-refractivity contribution in [2.75, 3.05) is 26.3 Å². The number of ether oxygens (including phenoxy) is 1. The van der Waals surface area contributed by atoms with Crippen LogP contribution in [0.25, 0.3) is 0 Å². The van der Waals surface area contributed by atoms with Crippen LogP contribution in [0.5, 0.6) is 0 Å². The van der Waals surface area contributed by atoms with Gasteiger partial charge in [-0.05, 0) is 6.42 Å². The Bertz CT molecular complexity index is 253. The van der Waals surface area contributed by atoms with E-state index < -0.39 is 0 Å². The van der Waals surface area contributed by atoms with Crippen LogP contribution in [-0.2, 0) is 9.53 Å². The van der Waals surface area contributed by atoms with E-state index in [0.717, 1.165) is 19.5 Å². The van der Waals surface area contributed by atoms with Crippen LogP contribution < -0.4 is 5.73 Å². The van der Waals surface area contributed by atoms with Gasteiger partial charge in [0, 0.05) is 19.1 Å². The summed E-state index contributed by atoms with van der Waals surface area (Å²) in [5, 5.41) is 0. The van der Waals surface area contributed by atoms with Gasteiger partial charge in [-0.2, -0.15) is 0 Å². The maximum Gasteiger partial charge on any atom is 0.229 e. The molecule has 2 rings (SSSR count). The monoisotopic (exact) mass is 196 g/mol. The van der Waals surface area contributed by atoms with E-state index in [1.807, 2.05) is 11.0 Å². The first-order valence-electron chi connectivity index (χ1n) is 5.06. The molecular weight excluding hydrogens is 180 g/mol. The largest absolute Gasteiger partial charge is 0.379 e. The van der Waals surface area contributed by atoms with Crippen molar-refractivity contribution in [1.29, 1.82) is 0 Å². The number of carbonyl (C=O) groups excluding carboxylic acids is 1. The fourth-order valence-electron chi connectivity index (χ4n) is 1.90. The van der Waals surface area contributed by atoms with Crippen LogP contribution in [0, 0.1) is 5.92 Å². The summed E-state index contributed by atoms with van der Waals surface area (Å²) in [6, 6.07) is -0.117. The molecule has 4 nitrogen and oxygen atoms in total. The molecule has 1 amide bonds. The standard InChI is InChI=1S/C10H16N2O2/c11-9-7-14-6-8(9)10(13)12-4-2-1-3-5-12/h1-2,8-9H,3-7,11H2. The molecule has 0 radical (unpaired) electrons. The highest BCUT2D eigenvalue weighted by Crippen LogP contribution is 2.16. The molecule has 1 saturated heterocycles. The molecule has 0 spiro atoms. The lowest BCUT2D eigenvalue weighted by molar-refractivity contribution is -0.135. The molecule has 0 aromatic heterocycles. The minimum atomic E-state index is -0.124. The Hall–Kier alpha value is -0.870. The van der Waals surface area contributed by atoms with Crippen LogP contribution in [0.15, 0.2) is 12.2 Å². The van der Waals surface area contributed by atoms with E-state index in [9.17, 15) is 4.79 Å². The first kappa shape index (κ1) is 9.68. The van der Waals surface area contributed by atoms with Crippen molar-refractivity contribution in [3.63, 3.8) is 0 Å². The zero-order valence-electron chi connectivity index (χ0n) is 8.19. The van der Waals surface area contributed by atoms with Gasteiger partial charge in [-0.25, -0.2) is 0 Å². The molecule has 2 aliphatic rings. The van der Waals surface area contributed by atoms with Gasteiger partial charge < -0.3 is 15.4 Å². The predicted molar refractivity (Wildman–Crippen MR) is 52.6 cm³/mol. The Morgan fingerprint density at radius 3 is 2.86 bits per heavy atom. The number of nitrogens with two attached hydrogens (primary N) is 1. The summed E-state index contributed by atoms with van der Waals surface area (Å²) in [6.45, 7) is 2.54. The highest BCUT2D eigenvalue weighted by molar-refractivity contribution is 5.80. The van der Waals surface area contributed by atoms with E-state index in [2.05, 4.69) is 6.08 Å². The summed E-state index contributed by atoms with van der Waals surface area (Å²) in [5.74, 6) is 0.0286. The lowest BCUT2D eigenvalue weighted by Gasteiger charge is -2.27. The van der Waals surface area contributed by atoms with Gasteiger partial charge >= 0.3 is 0 Å². The third kappa shape index (κ3) is 1.81. The molecule has 0 aromatic carbocycles. The molecule has 0 aliphatic carbocycles. The van der Waals surface area contributed by atoms with E-state index in [4.69, 9.17) is 10.5 Å². The molecular formula is C10H16N2O2. The molecule has 2 unspecified atom stereocenters. The van der Waals surface area contributed by atoms with Crippen molar-refractivity contribution in [3.8, 4) is 0 Å². The van der Waals surface area contributed by atoms with E-state index >= 15 is 0 Å². The van der Waals surface area contributed by atoms with Crippen LogP contribution in [0.4, 0.5) is 0 Å². The molecule has 4 heteroatoms. The number of nitrogens with zero attached hydrogens (tertiary/aromatic N) is 1. The number of rotatable bonds is 1. The van der Waals surface area contributed by atoms with Crippen LogP contribution >= 0.6 is 0 Å². The fourth-order valence-corrected chi connectivity index (χ4v) is 1.90. The SMILES string of the molecule is NC1COCC1C(=O)N1CC=CCC1. The van der Waals surface area contributed by atoms with Crippen LogP contribution in [0.1, 0.15) is 6.42 Å². The van der Waals surface area contributed by atoms with Gasteiger partial charge in [0.1, 0.15) is 0 Å². The van der Waals surface area contributed by atoms with E-state index in [1.165, 1.54) is 0 Å². The normalized spacial score (nSPS) is 32.2. The predicted octanol–water partition coefficient (Wildman–Crippen LogP) is -0.251. The fraction of sp³-hybridized carbons (Fsp3) is 0.700. The van der Waals surface area contributed by atoms with E-state index in [-0.39, 0.29) is 17.9 Å². The molecule has 1 fully saturated rings. The summed E-state index contributed by atoms with van der Waals surface area (Å²) >= 11 is 0. The second-order valence-electron chi connectivity index (χ2n) is 3.85. The van der Waals surface area contributed by atoms with Gasteiger partial charge in [0.2, 0.25) is 5.91 Å². The third-order valence-electron chi connectivity index (χ3n) is 2.81. The Balaban J connectivity index is 1.96. The molecule has 2 N–H and O–H groups in total. The van der Waals surface area contributed by atoms with Gasteiger partial charge in [-0.1, -0.05) is 12.2 Å².